The molecule has 0 aromatic rings. The first-order chi connectivity index (χ1) is 6.11. The van der Waals surface area contributed by atoms with Crippen molar-refractivity contribution >= 4 is 0 Å². The molecule has 13 heavy (non-hydrogen) atoms. The van der Waals surface area contributed by atoms with E-state index in [1.807, 2.05) is 0 Å². The number of aliphatic hydroxyl groups is 4. The molecule has 1 saturated heterocycles. The fourth-order valence-electron chi connectivity index (χ4n) is 1.26. The summed E-state index contributed by atoms with van der Waals surface area (Å²) in [6, 6.07) is 0. The topological polar surface area (TPSA) is 99.4 Å². The molecule has 0 saturated carbocycles. The van der Waals surface area contributed by atoms with Gasteiger partial charge in [0.1, 0.15) is 24.4 Å². The Labute approximate surface area is 75.3 Å². The molecule has 1 fully saturated rings. The van der Waals surface area contributed by atoms with Crippen LogP contribution in [0.5, 0.6) is 0 Å². The van der Waals surface area contributed by atoms with Crippen LogP contribution in [-0.2, 0) is 9.47 Å². The molecule has 0 aliphatic carbocycles. The standard InChI is InChI=1S/C7H14O6/c1-12-7-6(11)5(10)4(9)3(2-8)13-7/h3-11H,2H2,1H3/t3-,4?,5+,6?,7-/m1/s1. The second-order valence-electron chi connectivity index (χ2n) is 2.93. The van der Waals surface area contributed by atoms with Gasteiger partial charge in [0.15, 0.2) is 6.29 Å². The van der Waals surface area contributed by atoms with Gasteiger partial charge < -0.3 is 29.9 Å². The van der Waals surface area contributed by atoms with Gasteiger partial charge in [0.05, 0.1) is 6.61 Å². The molecule has 0 aromatic heterocycles. The Balaban J connectivity index is 2.66. The van der Waals surface area contributed by atoms with Crippen LogP contribution in [-0.4, -0.2) is 64.8 Å². The van der Waals surface area contributed by atoms with Crippen molar-refractivity contribution in [2.45, 2.75) is 30.7 Å². The molecule has 78 valence electrons. The largest absolute Gasteiger partial charge is 0.394 e. The fourth-order valence-corrected chi connectivity index (χ4v) is 1.26. The normalized spacial score (nSPS) is 46.4. The van der Waals surface area contributed by atoms with E-state index in [-0.39, 0.29) is 0 Å². The van der Waals surface area contributed by atoms with Crippen molar-refractivity contribution in [1.29, 1.82) is 0 Å². The van der Waals surface area contributed by atoms with Crippen LogP contribution < -0.4 is 0 Å². The Morgan fingerprint density at radius 1 is 1.15 bits per heavy atom. The maximum Gasteiger partial charge on any atom is 0.186 e. The van der Waals surface area contributed by atoms with Crippen LogP contribution in [0.1, 0.15) is 0 Å². The monoisotopic (exact) mass is 194 g/mol. The van der Waals surface area contributed by atoms with Crippen molar-refractivity contribution in [3.8, 4) is 0 Å². The highest BCUT2D eigenvalue weighted by molar-refractivity contribution is 4.88. The zero-order valence-corrected chi connectivity index (χ0v) is 7.20. The highest BCUT2D eigenvalue weighted by atomic mass is 16.7. The average molecular weight is 194 g/mol. The molecule has 5 atom stereocenters. The molecule has 2 unspecified atom stereocenters. The molecule has 0 radical (unpaired) electrons. The molecule has 6 heteroatoms. The van der Waals surface area contributed by atoms with Gasteiger partial charge in [-0.3, -0.25) is 0 Å². The fraction of sp³-hybridized carbons (Fsp3) is 1.00. The molecular weight excluding hydrogens is 180 g/mol. The van der Waals surface area contributed by atoms with E-state index in [4.69, 9.17) is 14.6 Å². The lowest BCUT2D eigenvalue weighted by Gasteiger charge is -2.38. The van der Waals surface area contributed by atoms with E-state index in [2.05, 4.69) is 0 Å². The van der Waals surface area contributed by atoms with Crippen molar-refractivity contribution < 1.29 is 29.9 Å². The molecular formula is C7H14O6. The van der Waals surface area contributed by atoms with E-state index in [1.165, 1.54) is 7.11 Å². The Kier molecular flexibility index (Phi) is 3.60. The van der Waals surface area contributed by atoms with Gasteiger partial charge in [-0.25, -0.2) is 0 Å². The van der Waals surface area contributed by atoms with Crippen molar-refractivity contribution in [3.63, 3.8) is 0 Å². The number of ether oxygens (including phenoxy) is 2. The molecule has 1 heterocycles. The van der Waals surface area contributed by atoms with Gasteiger partial charge in [-0.2, -0.15) is 0 Å². The van der Waals surface area contributed by atoms with Crippen LogP contribution in [0.15, 0.2) is 0 Å². The van der Waals surface area contributed by atoms with Gasteiger partial charge >= 0.3 is 0 Å². The third kappa shape index (κ3) is 1.98. The van der Waals surface area contributed by atoms with Crippen molar-refractivity contribution in [2.24, 2.45) is 0 Å². The minimum Gasteiger partial charge on any atom is -0.394 e. The lowest BCUT2D eigenvalue weighted by Crippen LogP contribution is -2.58. The highest BCUT2D eigenvalue weighted by Crippen LogP contribution is 2.20. The molecule has 0 aromatic carbocycles. The van der Waals surface area contributed by atoms with Crippen molar-refractivity contribution in [1.82, 2.24) is 0 Å². The Hall–Kier alpha value is -0.240. The van der Waals surface area contributed by atoms with E-state index in [1.54, 1.807) is 0 Å². The van der Waals surface area contributed by atoms with Gasteiger partial charge in [-0.15, -0.1) is 0 Å². The van der Waals surface area contributed by atoms with Gasteiger partial charge in [-0.1, -0.05) is 0 Å². The molecule has 0 amide bonds. The first-order valence-corrected chi connectivity index (χ1v) is 3.95. The summed E-state index contributed by atoms with van der Waals surface area (Å²) in [5, 5.41) is 36.6. The number of hydrogen-bond acceptors (Lipinski definition) is 6. The molecule has 4 N–H and O–H groups in total. The minimum absolute atomic E-state index is 0.440. The van der Waals surface area contributed by atoms with Crippen molar-refractivity contribution in [3.05, 3.63) is 0 Å². The zero-order valence-electron chi connectivity index (χ0n) is 7.20. The van der Waals surface area contributed by atoms with Crippen LogP contribution in [0.2, 0.25) is 0 Å². The predicted molar refractivity (Wildman–Crippen MR) is 40.8 cm³/mol. The predicted octanol–water partition coefficient (Wildman–Crippen LogP) is -2.57. The third-order valence-corrected chi connectivity index (χ3v) is 2.08. The lowest BCUT2D eigenvalue weighted by atomic mass is 9.99. The van der Waals surface area contributed by atoms with Gasteiger partial charge in [0.2, 0.25) is 0 Å². The second kappa shape index (κ2) is 4.32. The maximum atomic E-state index is 9.28. The Morgan fingerprint density at radius 3 is 2.23 bits per heavy atom. The first kappa shape index (κ1) is 10.8. The smallest absolute Gasteiger partial charge is 0.186 e. The van der Waals surface area contributed by atoms with E-state index in [0.29, 0.717) is 0 Å². The van der Waals surface area contributed by atoms with Crippen molar-refractivity contribution in [2.75, 3.05) is 13.7 Å². The average Bonchev–Trinajstić information content (AvgIpc) is 2.15. The van der Waals surface area contributed by atoms with E-state index >= 15 is 0 Å². The summed E-state index contributed by atoms with van der Waals surface area (Å²) in [5.74, 6) is 0. The molecule has 0 bridgehead atoms. The lowest BCUT2D eigenvalue weighted by molar-refractivity contribution is -0.294. The SMILES string of the molecule is CO[C@@H]1O[C@H](CO)C(O)[C@H](O)C1O. The van der Waals surface area contributed by atoms with Crippen LogP contribution in [0.25, 0.3) is 0 Å². The van der Waals surface area contributed by atoms with Gasteiger partial charge in [0, 0.05) is 7.11 Å². The Bertz CT molecular complexity index is 143. The van der Waals surface area contributed by atoms with Gasteiger partial charge in [0.25, 0.3) is 0 Å². The van der Waals surface area contributed by atoms with Crippen LogP contribution >= 0.6 is 0 Å². The van der Waals surface area contributed by atoms with E-state index < -0.39 is 37.3 Å². The molecule has 1 rings (SSSR count). The number of methoxy groups -OCH3 is 1. The number of rotatable bonds is 2. The molecule has 1 aliphatic heterocycles. The summed E-state index contributed by atoms with van der Waals surface area (Å²) in [6.07, 6.45) is -5.91. The third-order valence-electron chi connectivity index (χ3n) is 2.08. The quantitative estimate of drug-likeness (QED) is 0.386. The van der Waals surface area contributed by atoms with Crippen LogP contribution in [0, 0.1) is 0 Å². The maximum absolute atomic E-state index is 9.28. The summed E-state index contributed by atoms with van der Waals surface area (Å²) in [6.45, 7) is -0.440. The van der Waals surface area contributed by atoms with E-state index in [9.17, 15) is 15.3 Å². The molecule has 6 nitrogen and oxygen atoms in total. The summed E-state index contributed by atoms with van der Waals surface area (Å²) < 4.78 is 9.65. The minimum atomic E-state index is -1.36. The number of hydrogen-bond donors (Lipinski definition) is 4. The van der Waals surface area contributed by atoms with E-state index in [0.717, 1.165) is 0 Å². The van der Waals surface area contributed by atoms with Crippen LogP contribution in [0.3, 0.4) is 0 Å². The zero-order chi connectivity index (χ0) is 10.0. The Morgan fingerprint density at radius 2 is 1.77 bits per heavy atom. The summed E-state index contributed by atoms with van der Waals surface area (Å²) >= 11 is 0. The molecule has 1 aliphatic rings. The van der Waals surface area contributed by atoms with Crippen LogP contribution in [0.4, 0.5) is 0 Å². The summed E-state index contributed by atoms with van der Waals surface area (Å²) in [4.78, 5) is 0. The molecule has 0 spiro atoms. The second-order valence-corrected chi connectivity index (χ2v) is 2.93. The highest BCUT2D eigenvalue weighted by Gasteiger charge is 2.43. The summed E-state index contributed by atoms with van der Waals surface area (Å²) in [5.41, 5.74) is 0. The summed E-state index contributed by atoms with van der Waals surface area (Å²) in [7, 11) is 1.30. The van der Waals surface area contributed by atoms with Gasteiger partial charge in [-0.05, 0) is 0 Å². The first-order valence-electron chi connectivity index (χ1n) is 3.95. The number of aliphatic hydroxyl groups excluding tert-OH is 4.